The van der Waals surface area contributed by atoms with Crippen molar-refractivity contribution in [2.24, 2.45) is 0 Å². The Morgan fingerprint density at radius 2 is 1.80 bits per heavy atom. The average molecular weight is 400 g/mol. The molecule has 1 atom stereocenters. The molecule has 0 amide bonds. The Labute approximate surface area is 179 Å². The Morgan fingerprint density at radius 1 is 1.10 bits per heavy atom. The first-order valence-corrected chi connectivity index (χ1v) is 10.5. The van der Waals surface area contributed by atoms with Gasteiger partial charge in [0.15, 0.2) is 0 Å². The first kappa shape index (κ1) is 20.1. The zero-order valence-electron chi connectivity index (χ0n) is 18.0. The largest absolute Gasteiger partial charge is 0.508 e. The first-order chi connectivity index (χ1) is 14.5. The van der Waals surface area contributed by atoms with Crippen LogP contribution in [0.4, 0.5) is 0 Å². The molecule has 4 rings (SSSR count). The number of fused-ring (bicyclic) bond motifs is 1. The number of phenols is 1. The van der Waals surface area contributed by atoms with Crippen molar-refractivity contribution >= 4 is 5.70 Å². The van der Waals surface area contributed by atoms with Crippen molar-refractivity contribution in [3.8, 4) is 11.5 Å². The monoisotopic (exact) mass is 399 g/mol. The summed E-state index contributed by atoms with van der Waals surface area (Å²) in [7, 11) is 1.73. The molecular weight excluding hydrogens is 370 g/mol. The molecule has 0 aromatic heterocycles. The van der Waals surface area contributed by atoms with Crippen LogP contribution in [0.25, 0.3) is 5.70 Å². The molecule has 3 heteroatoms. The lowest BCUT2D eigenvalue weighted by Crippen LogP contribution is -2.35. The van der Waals surface area contributed by atoms with Crippen LogP contribution in [0, 0.1) is 6.92 Å². The molecule has 1 N–H and O–H groups in total. The quantitative estimate of drug-likeness (QED) is 0.581. The van der Waals surface area contributed by atoms with Gasteiger partial charge >= 0.3 is 0 Å². The Kier molecular flexibility index (Phi) is 5.54. The SMILES string of the molecule is C=C(c1ccc(C)cc1)N1CCc2cc(OC)cc(CC)c2C1c1ccc(O)cc1. The van der Waals surface area contributed by atoms with Gasteiger partial charge in [0.2, 0.25) is 0 Å². The van der Waals surface area contributed by atoms with Gasteiger partial charge in [0.25, 0.3) is 0 Å². The van der Waals surface area contributed by atoms with E-state index in [1.54, 1.807) is 19.2 Å². The van der Waals surface area contributed by atoms with Crippen LogP contribution in [0.2, 0.25) is 0 Å². The molecule has 1 unspecified atom stereocenters. The normalized spacial score (nSPS) is 15.6. The van der Waals surface area contributed by atoms with Crippen LogP contribution in [0.5, 0.6) is 11.5 Å². The van der Waals surface area contributed by atoms with Gasteiger partial charge in [-0.2, -0.15) is 0 Å². The molecule has 0 fully saturated rings. The lowest BCUT2D eigenvalue weighted by Gasteiger charge is -2.41. The molecule has 0 saturated carbocycles. The summed E-state index contributed by atoms with van der Waals surface area (Å²) in [4.78, 5) is 2.41. The fraction of sp³-hybridized carbons (Fsp3) is 0.259. The Morgan fingerprint density at radius 3 is 2.43 bits per heavy atom. The molecule has 3 aromatic carbocycles. The summed E-state index contributed by atoms with van der Waals surface area (Å²) in [6.45, 7) is 9.65. The van der Waals surface area contributed by atoms with Crippen LogP contribution in [-0.2, 0) is 12.8 Å². The summed E-state index contributed by atoms with van der Waals surface area (Å²) in [6.07, 6.45) is 1.87. The highest BCUT2D eigenvalue weighted by molar-refractivity contribution is 5.65. The topological polar surface area (TPSA) is 32.7 Å². The summed E-state index contributed by atoms with van der Waals surface area (Å²) < 4.78 is 5.57. The molecule has 0 radical (unpaired) electrons. The zero-order chi connectivity index (χ0) is 21.3. The van der Waals surface area contributed by atoms with Crippen molar-refractivity contribution in [1.82, 2.24) is 4.90 Å². The predicted molar refractivity (Wildman–Crippen MR) is 123 cm³/mol. The molecule has 1 aliphatic heterocycles. The van der Waals surface area contributed by atoms with Gasteiger partial charge in [-0.1, -0.05) is 55.5 Å². The second kappa shape index (κ2) is 8.27. The van der Waals surface area contributed by atoms with Crippen LogP contribution >= 0.6 is 0 Å². The lowest BCUT2D eigenvalue weighted by molar-refractivity contribution is 0.317. The smallest absolute Gasteiger partial charge is 0.119 e. The Bertz CT molecular complexity index is 1030. The molecule has 0 bridgehead atoms. The minimum atomic E-state index is 0.0454. The van der Waals surface area contributed by atoms with E-state index in [4.69, 9.17) is 4.74 Å². The second-order valence-corrected chi connectivity index (χ2v) is 7.96. The van der Waals surface area contributed by atoms with E-state index in [1.165, 1.54) is 22.3 Å². The number of rotatable bonds is 5. The van der Waals surface area contributed by atoms with Crippen LogP contribution in [0.15, 0.2) is 67.2 Å². The summed E-state index contributed by atoms with van der Waals surface area (Å²) in [5.41, 5.74) is 8.52. The van der Waals surface area contributed by atoms with Crippen LogP contribution in [-0.4, -0.2) is 23.7 Å². The average Bonchev–Trinajstić information content (AvgIpc) is 2.78. The summed E-state index contributed by atoms with van der Waals surface area (Å²) in [5.74, 6) is 1.20. The molecule has 0 spiro atoms. The fourth-order valence-corrected chi connectivity index (χ4v) is 4.45. The number of hydrogen-bond acceptors (Lipinski definition) is 3. The van der Waals surface area contributed by atoms with Gasteiger partial charge in [-0.05, 0) is 71.8 Å². The second-order valence-electron chi connectivity index (χ2n) is 7.96. The third-order valence-electron chi connectivity index (χ3n) is 6.09. The van der Waals surface area contributed by atoms with Crippen molar-refractivity contribution in [1.29, 1.82) is 0 Å². The van der Waals surface area contributed by atoms with Crippen molar-refractivity contribution in [3.05, 3.63) is 101 Å². The van der Waals surface area contributed by atoms with E-state index in [-0.39, 0.29) is 11.8 Å². The number of ether oxygens (including phenoxy) is 1. The van der Waals surface area contributed by atoms with E-state index in [1.807, 2.05) is 12.1 Å². The van der Waals surface area contributed by atoms with E-state index in [0.29, 0.717) is 0 Å². The standard InChI is InChI=1S/C27H29NO2/c1-5-20-16-25(30-4)17-23-14-15-28(19(3)21-8-6-18(2)7-9-21)27(26(20)23)22-10-12-24(29)13-11-22/h6-13,16-17,27,29H,3,5,14-15H2,1-2,4H3. The van der Waals surface area contributed by atoms with E-state index in [2.05, 4.69) is 61.7 Å². The highest BCUT2D eigenvalue weighted by atomic mass is 16.5. The molecule has 30 heavy (non-hydrogen) atoms. The number of hydrogen-bond donors (Lipinski definition) is 1. The number of aryl methyl sites for hydroxylation is 2. The van der Waals surface area contributed by atoms with Gasteiger partial charge in [0, 0.05) is 12.2 Å². The molecule has 0 saturated heterocycles. The number of phenolic OH excluding ortho intramolecular Hbond substituents is 1. The number of nitrogens with zero attached hydrogens (tertiary/aromatic N) is 1. The maximum absolute atomic E-state index is 9.85. The molecule has 3 nitrogen and oxygen atoms in total. The molecule has 1 heterocycles. The van der Waals surface area contributed by atoms with Gasteiger partial charge in [-0.25, -0.2) is 0 Å². The number of benzene rings is 3. The fourth-order valence-electron chi connectivity index (χ4n) is 4.45. The third kappa shape index (κ3) is 3.68. The molecule has 154 valence electrons. The Balaban J connectivity index is 1.86. The van der Waals surface area contributed by atoms with Gasteiger partial charge in [-0.3, -0.25) is 0 Å². The lowest BCUT2D eigenvalue weighted by atomic mass is 9.83. The van der Waals surface area contributed by atoms with Crippen molar-refractivity contribution in [2.45, 2.75) is 32.7 Å². The molecular formula is C27H29NO2. The van der Waals surface area contributed by atoms with Crippen LogP contribution in [0.3, 0.4) is 0 Å². The Hall–Kier alpha value is -3.20. The maximum atomic E-state index is 9.85. The van der Waals surface area contributed by atoms with E-state index >= 15 is 0 Å². The summed E-state index contributed by atoms with van der Waals surface area (Å²) >= 11 is 0. The summed E-state index contributed by atoms with van der Waals surface area (Å²) in [6, 6.07) is 20.5. The molecule has 0 aliphatic carbocycles. The zero-order valence-corrected chi connectivity index (χ0v) is 18.0. The van der Waals surface area contributed by atoms with Gasteiger partial charge in [-0.15, -0.1) is 0 Å². The minimum absolute atomic E-state index is 0.0454. The third-order valence-corrected chi connectivity index (χ3v) is 6.09. The predicted octanol–water partition coefficient (Wildman–Crippen LogP) is 5.89. The van der Waals surface area contributed by atoms with Crippen LogP contribution < -0.4 is 4.74 Å². The number of aromatic hydroxyl groups is 1. The van der Waals surface area contributed by atoms with Crippen molar-refractivity contribution < 1.29 is 9.84 Å². The van der Waals surface area contributed by atoms with Crippen molar-refractivity contribution in [2.75, 3.05) is 13.7 Å². The van der Waals surface area contributed by atoms with Gasteiger partial charge in [0.05, 0.1) is 13.2 Å². The maximum Gasteiger partial charge on any atom is 0.119 e. The molecule has 1 aliphatic rings. The van der Waals surface area contributed by atoms with Gasteiger partial charge < -0.3 is 14.7 Å². The van der Waals surface area contributed by atoms with E-state index < -0.39 is 0 Å². The summed E-state index contributed by atoms with van der Waals surface area (Å²) in [5, 5.41) is 9.85. The highest BCUT2D eigenvalue weighted by Crippen LogP contribution is 2.43. The highest BCUT2D eigenvalue weighted by Gasteiger charge is 2.32. The van der Waals surface area contributed by atoms with Gasteiger partial charge in [0.1, 0.15) is 11.5 Å². The minimum Gasteiger partial charge on any atom is -0.508 e. The van der Waals surface area contributed by atoms with E-state index in [9.17, 15) is 5.11 Å². The first-order valence-electron chi connectivity index (χ1n) is 10.5. The van der Waals surface area contributed by atoms with E-state index in [0.717, 1.165) is 42.0 Å². The van der Waals surface area contributed by atoms with Crippen LogP contribution in [0.1, 0.15) is 46.3 Å². The number of methoxy groups -OCH3 is 1. The van der Waals surface area contributed by atoms with Crippen molar-refractivity contribution in [3.63, 3.8) is 0 Å². The molecule has 3 aromatic rings.